The third-order valence-corrected chi connectivity index (χ3v) is 6.95. The zero-order chi connectivity index (χ0) is 25.2. The van der Waals surface area contributed by atoms with Gasteiger partial charge < -0.3 is 10.4 Å². The van der Waals surface area contributed by atoms with Gasteiger partial charge >= 0.3 is 12.1 Å². The summed E-state index contributed by atoms with van der Waals surface area (Å²) in [4.78, 5) is 34.1. The summed E-state index contributed by atoms with van der Waals surface area (Å²) in [5.74, 6) is 0.142. The molecule has 0 aliphatic carbocycles. The summed E-state index contributed by atoms with van der Waals surface area (Å²) >= 11 is 0. The van der Waals surface area contributed by atoms with Crippen molar-refractivity contribution in [3.8, 4) is 11.3 Å². The minimum absolute atomic E-state index is 0.0143. The number of carboxylic acid groups (broad SMARTS) is 1. The van der Waals surface area contributed by atoms with Crippen LogP contribution in [-0.4, -0.2) is 57.5 Å². The summed E-state index contributed by atoms with van der Waals surface area (Å²) in [6.45, 7) is 4.07. The van der Waals surface area contributed by atoms with E-state index >= 15 is 0 Å². The molecule has 2 bridgehead atoms. The van der Waals surface area contributed by atoms with E-state index in [1.54, 1.807) is 6.92 Å². The number of nitrogens with zero attached hydrogens (tertiary/aromatic N) is 3. The maximum atomic E-state index is 12.9. The van der Waals surface area contributed by atoms with Crippen LogP contribution in [0.15, 0.2) is 30.3 Å². The van der Waals surface area contributed by atoms with Crippen molar-refractivity contribution in [2.45, 2.75) is 57.2 Å². The van der Waals surface area contributed by atoms with Crippen LogP contribution in [0.3, 0.4) is 0 Å². The van der Waals surface area contributed by atoms with Crippen LogP contribution in [0.1, 0.15) is 55.1 Å². The molecule has 0 saturated carbocycles. The topological polar surface area (TPSA) is 95.4 Å². The Morgan fingerprint density at radius 2 is 1.91 bits per heavy atom. The molecule has 1 amide bonds. The summed E-state index contributed by atoms with van der Waals surface area (Å²) in [6.07, 6.45) is -1.92. The minimum Gasteiger partial charge on any atom is -0.481 e. The highest BCUT2D eigenvalue weighted by Gasteiger charge is 2.41. The number of aliphatic carboxylic acids is 1. The molecule has 4 atom stereocenters. The number of aryl methyl sites for hydroxylation is 1. The Balaban J connectivity index is 1.41. The molecule has 3 saturated heterocycles. The number of carboxylic acids is 1. The number of hydrogen-bond donors (Lipinski definition) is 2. The highest BCUT2D eigenvalue weighted by Crippen LogP contribution is 2.42. The average Bonchev–Trinajstić information content (AvgIpc) is 2.82. The number of carbonyl (C=O) groups excluding carboxylic acids is 1. The average molecular weight is 491 g/mol. The zero-order valence-electron chi connectivity index (χ0n) is 19.5. The van der Waals surface area contributed by atoms with E-state index in [1.165, 1.54) is 12.1 Å². The van der Waals surface area contributed by atoms with E-state index in [9.17, 15) is 22.8 Å². The van der Waals surface area contributed by atoms with E-state index in [4.69, 9.17) is 5.11 Å². The SMILES string of the molecule is Cc1nc(-c2ccc(C(F)(F)F)cc2)cc([C@@H]2CN3CC[C@H]2C[C@@H]3CNC(=O)CCCC(=O)O)n1. The molecule has 7 nitrogen and oxygen atoms in total. The Kier molecular flexibility index (Phi) is 7.39. The van der Waals surface area contributed by atoms with E-state index in [1.807, 2.05) is 6.07 Å². The monoisotopic (exact) mass is 490 g/mol. The Morgan fingerprint density at radius 1 is 1.17 bits per heavy atom. The quantitative estimate of drug-likeness (QED) is 0.581. The van der Waals surface area contributed by atoms with Crippen LogP contribution >= 0.6 is 0 Å². The summed E-state index contributed by atoms with van der Waals surface area (Å²) in [7, 11) is 0. The fraction of sp³-hybridized carbons (Fsp3) is 0.520. The molecule has 3 aliphatic rings. The number of hydrogen-bond acceptors (Lipinski definition) is 5. The highest BCUT2D eigenvalue weighted by atomic mass is 19.4. The van der Waals surface area contributed by atoms with Crippen molar-refractivity contribution in [2.75, 3.05) is 19.6 Å². The number of amides is 1. The molecule has 3 fully saturated rings. The third-order valence-electron chi connectivity index (χ3n) is 6.95. The molecule has 4 heterocycles. The molecule has 10 heteroatoms. The van der Waals surface area contributed by atoms with Crippen molar-refractivity contribution in [1.82, 2.24) is 20.2 Å². The largest absolute Gasteiger partial charge is 0.481 e. The van der Waals surface area contributed by atoms with Gasteiger partial charge in [-0.05, 0) is 56.8 Å². The van der Waals surface area contributed by atoms with Gasteiger partial charge in [0.2, 0.25) is 5.91 Å². The van der Waals surface area contributed by atoms with Crippen LogP contribution in [0, 0.1) is 12.8 Å². The van der Waals surface area contributed by atoms with Crippen molar-refractivity contribution in [3.05, 3.63) is 47.4 Å². The smallest absolute Gasteiger partial charge is 0.416 e. The molecule has 5 rings (SSSR count). The van der Waals surface area contributed by atoms with Crippen LogP contribution in [0.4, 0.5) is 13.2 Å². The minimum atomic E-state index is -4.38. The van der Waals surface area contributed by atoms with Gasteiger partial charge in [-0.1, -0.05) is 12.1 Å². The fourth-order valence-corrected chi connectivity index (χ4v) is 5.16. The van der Waals surface area contributed by atoms with Gasteiger partial charge in [0, 0.05) is 49.1 Å². The molecule has 1 aromatic heterocycles. The van der Waals surface area contributed by atoms with Crippen molar-refractivity contribution in [1.29, 1.82) is 0 Å². The van der Waals surface area contributed by atoms with E-state index in [0.717, 1.165) is 43.8 Å². The fourth-order valence-electron chi connectivity index (χ4n) is 5.16. The van der Waals surface area contributed by atoms with Gasteiger partial charge in [0.05, 0.1) is 11.3 Å². The van der Waals surface area contributed by atoms with Crippen LogP contribution in [0.2, 0.25) is 0 Å². The molecule has 2 aromatic rings. The second-order valence-electron chi connectivity index (χ2n) is 9.39. The molecule has 2 N–H and O–H groups in total. The Bertz CT molecular complexity index is 1070. The Hall–Kier alpha value is -3.01. The number of fused-ring (bicyclic) bond motifs is 3. The number of halogens is 3. The highest BCUT2D eigenvalue weighted by molar-refractivity contribution is 5.76. The number of nitrogens with one attached hydrogen (secondary N) is 1. The van der Waals surface area contributed by atoms with Crippen LogP contribution in [0.5, 0.6) is 0 Å². The van der Waals surface area contributed by atoms with Crippen molar-refractivity contribution in [2.24, 2.45) is 5.92 Å². The summed E-state index contributed by atoms with van der Waals surface area (Å²) < 4.78 is 38.8. The number of piperidine rings is 3. The van der Waals surface area contributed by atoms with Gasteiger partial charge in [0.1, 0.15) is 5.82 Å². The maximum Gasteiger partial charge on any atom is 0.416 e. The number of alkyl halides is 3. The first-order valence-electron chi connectivity index (χ1n) is 11.9. The standard InChI is InChI=1S/C25H29F3N4O3/c1-15-30-21(16-5-7-18(8-6-16)25(26,27)28)12-22(31-15)20-14-32-10-9-17(20)11-19(32)13-29-23(33)3-2-4-24(34)35/h5-8,12,17,19-20H,2-4,9-11,13-14H2,1H3,(H,29,33)(H,34,35)/t17-,19+,20+/m0/s1. The van der Waals surface area contributed by atoms with E-state index in [2.05, 4.69) is 20.2 Å². The maximum absolute atomic E-state index is 12.9. The molecule has 1 unspecified atom stereocenters. The van der Waals surface area contributed by atoms with Gasteiger partial charge in [0.15, 0.2) is 0 Å². The predicted molar refractivity (Wildman–Crippen MR) is 123 cm³/mol. The molecular formula is C25H29F3N4O3. The molecule has 188 valence electrons. The summed E-state index contributed by atoms with van der Waals surface area (Å²) in [5.41, 5.74) is 1.44. The molecule has 3 aliphatic heterocycles. The zero-order valence-corrected chi connectivity index (χ0v) is 19.5. The van der Waals surface area contributed by atoms with Gasteiger partial charge in [-0.15, -0.1) is 0 Å². The Labute approximate surface area is 201 Å². The lowest BCUT2D eigenvalue weighted by Crippen LogP contribution is -2.56. The normalized spacial score (nSPS) is 23.8. The van der Waals surface area contributed by atoms with E-state index < -0.39 is 17.7 Å². The number of benzene rings is 1. The third kappa shape index (κ3) is 6.17. The molecular weight excluding hydrogens is 461 g/mol. The molecule has 0 radical (unpaired) electrons. The van der Waals surface area contributed by atoms with E-state index in [-0.39, 0.29) is 30.7 Å². The van der Waals surface area contributed by atoms with Gasteiger partial charge in [-0.2, -0.15) is 13.2 Å². The number of aromatic nitrogens is 2. The van der Waals surface area contributed by atoms with E-state index in [0.29, 0.717) is 36.0 Å². The van der Waals surface area contributed by atoms with Crippen molar-refractivity contribution >= 4 is 11.9 Å². The summed E-state index contributed by atoms with van der Waals surface area (Å²) in [5, 5.41) is 11.6. The summed E-state index contributed by atoms with van der Waals surface area (Å²) in [6, 6.07) is 7.15. The van der Waals surface area contributed by atoms with Crippen molar-refractivity contribution < 1.29 is 27.9 Å². The lowest BCUT2D eigenvalue weighted by Gasteiger charge is -2.49. The number of rotatable bonds is 8. The Morgan fingerprint density at radius 3 is 2.54 bits per heavy atom. The first kappa shape index (κ1) is 25.1. The predicted octanol–water partition coefficient (Wildman–Crippen LogP) is 4.02. The lowest BCUT2D eigenvalue weighted by molar-refractivity contribution is -0.138. The second kappa shape index (κ2) is 10.3. The first-order valence-corrected chi connectivity index (χ1v) is 11.9. The van der Waals surface area contributed by atoms with Gasteiger partial charge in [-0.25, -0.2) is 9.97 Å². The van der Waals surface area contributed by atoms with Gasteiger partial charge in [0.25, 0.3) is 0 Å². The van der Waals surface area contributed by atoms with Crippen molar-refractivity contribution in [3.63, 3.8) is 0 Å². The van der Waals surface area contributed by atoms with Crippen LogP contribution in [-0.2, 0) is 15.8 Å². The van der Waals surface area contributed by atoms with Crippen LogP contribution in [0.25, 0.3) is 11.3 Å². The first-order chi connectivity index (χ1) is 16.6. The van der Waals surface area contributed by atoms with Gasteiger partial charge in [-0.3, -0.25) is 14.5 Å². The molecule has 0 spiro atoms. The second-order valence-corrected chi connectivity index (χ2v) is 9.39. The van der Waals surface area contributed by atoms with Crippen LogP contribution < -0.4 is 5.32 Å². The lowest BCUT2D eigenvalue weighted by atomic mass is 9.74. The number of carbonyl (C=O) groups is 2. The molecule has 35 heavy (non-hydrogen) atoms. The molecule has 1 aromatic carbocycles.